The predicted molar refractivity (Wildman–Crippen MR) is 34.2 cm³/mol. The van der Waals surface area contributed by atoms with Crippen LogP contribution in [0.1, 0.15) is 0 Å². The molecule has 0 saturated carbocycles. The molecule has 0 unspecified atom stereocenters. The van der Waals surface area contributed by atoms with Crippen molar-refractivity contribution in [3.05, 3.63) is 0 Å². The minimum absolute atomic E-state index is 0. The fourth-order valence-electron chi connectivity index (χ4n) is 0. The zero-order valence-electron chi connectivity index (χ0n) is 3.14. The molecule has 0 aliphatic heterocycles. The van der Waals surface area contributed by atoms with Crippen LogP contribution in [0.4, 0.5) is 0 Å². The second-order valence-electron chi connectivity index (χ2n) is 0.346. The maximum absolute atomic E-state index is 7.17. The first-order valence-corrected chi connectivity index (χ1v) is 0.775. The van der Waals surface area contributed by atoms with Crippen LogP contribution in [0.25, 0.3) is 0 Å². The molecule has 3 nitrogen and oxygen atoms in total. The van der Waals surface area contributed by atoms with E-state index in [-0.39, 0.29) is 37.2 Å². The van der Waals surface area contributed by atoms with Crippen molar-refractivity contribution in [3.8, 4) is 0 Å². The molecular weight excluding hydrogens is 165 g/mol. The molecule has 0 aromatic carbocycles. The lowest BCUT2D eigenvalue weighted by molar-refractivity contribution is 0.278. The first-order chi connectivity index (χ1) is 1.73. The third kappa shape index (κ3) is 238. The Morgan fingerprint density at radius 3 is 0.714 bits per heavy atom. The Kier molecular flexibility index (Phi) is 56.4. The van der Waals surface area contributed by atoms with Crippen molar-refractivity contribution in [2.75, 3.05) is 0 Å². The lowest BCUT2D eigenvalue weighted by Crippen LogP contribution is -2.07. The Labute approximate surface area is 60.1 Å². The fraction of sp³-hybridized carbons (Fsp3) is 0. The van der Waals surface area contributed by atoms with Gasteiger partial charge in [-0.25, -0.2) is 0 Å². The third-order valence-electron chi connectivity index (χ3n) is 0. The summed E-state index contributed by atoms with van der Waals surface area (Å²) in [6.07, 6.45) is 0. The summed E-state index contributed by atoms with van der Waals surface area (Å²) in [5, 5.41) is 21.5. The molecular formula is H6BCl3O3. The highest BCUT2D eigenvalue weighted by Crippen LogP contribution is 1.40. The Balaban J connectivity index is -0.0000000150. The molecule has 7 heteroatoms. The van der Waals surface area contributed by atoms with Gasteiger partial charge in [0.05, 0.1) is 0 Å². The minimum Gasteiger partial charge on any atom is -0.402 e. The van der Waals surface area contributed by atoms with Crippen molar-refractivity contribution in [1.29, 1.82) is 0 Å². The maximum atomic E-state index is 7.17. The summed E-state index contributed by atoms with van der Waals surface area (Å²) in [5.41, 5.74) is 0. The Morgan fingerprint density at radius 1 is 0.714 bits per heavy atom. The van der Waals surface area contributed by atoms with E-state index >= 15 is 0 Å². The van der Waals surface area contributed by atoms with Gasteiger partial charge in [0.15, 0.2) is 0 Å². The zero-order valence-corrected chi connectivity index (χ0v) is 5.59. The van der Waals surface area contributed by atoms with Gasteiger partial charge in [-0.3, -0.25) is 0 Å². The number of halogens is 3. The van der Waals surface area contributed by atoms with E-state index in [1.165, 1.54) is 0 Å². The highest BCUT2D eigenvalue weighted by molar-refractivity contribution is 6.30. The molecule has 0 aromatic heterocycles. The molecule has 0 aliphatic carbocycles. The standard InChI is InChI=1S/BH3O3.3ClH/c2-1(3)4;;;/h2-4H;3*1H. The van der Waals surface area contributed by atoms with Crippen molar-refractivity contribution in [1.82, 2.24) is 0 Å². The van der Waals surface area contributed by atoms with Crippen LogP contribution in [0.15, 0.2) is 0 Å². The van der Waals surface area contributed by atoms with Gasteiger partial charge in [-0.15, -0.1) is 37.2 Å². The van der Waals surface area contributed by atoms with Gasteiger partial charge in [-0.05, 0) is 0 Å². The Hall–Kier alpha value is 0.815. The smallest absolute Gasteiger partial charge is 0.402 e. The summed E-state index contributed by atoms with van der Waals surface area (Å²) in [5.74, 6) is 0. The van der Waals surface area contributed by atoms with Gasteiger partial charge < -0.3 is 15.1 Å². The summed E-state index contributed by atoms with van der Waals surface area (Å²) >= 11 is 0. The molecule has 0 aromatic rings. The van der Waals surface area contributed by atoms with Crippen molar-refractivity contribution in [3.63, 3.8) is 0 Å². The van der Waals surface area contributed by atoms with E-state index in [9.17, 15) is 0 Å². The molecule has 0 bridgehead atoms. The minimum atomic E-state index is -2.17. The summed E-state index contributed by atoms with van der Waals surface area (Å²) in [7, 11) is -2.17. The van der Waals surface area contributed by atoms with Crippen LogP contribution < -0.4 is 0 Å². The van der Waals surface area contributed by atoms with E-state index in [0.29, 0.717) is 0 Å². The predicted octanol–water partition coefficient (Wildman–Crippen LogP) is -0.786. The number of hydrogen-bond donors (Lipinski definition) is 3. The van der Waals surface area contributed by atoms with Crippen LogP contribution >= 0.6 is 37.2 Å². The quantitative estimate of drug-likeness (QED) is 0.419. The zero-order chi connectivity index (χ0) is 3.58. The van der Waals surface area contributed by atoms with E-state index in [4.69, 9.17) is 15.1 Å². The second kappa shape index (κ2) is 15.8. The van der Waals surface area contributed by atoms with E-state index in [0.717, 1.165) is 0 Å². The average molecular weight is 171 g/mol. The molecule has 0 fully saturated rings. The van der Waals surface area contributed by atoms with Crippen molar-refractivity contribution >= 4 is 44.5 Å². The normalized spacial score (nSPS) is 3.86. The topological polar surface area (TPSA) is 60.7 Å². The molecule has 0 saturated heterocycles. The van der Waals surface area contributed by atoms with Crippen LogP contribution in [0, 0.1) is 0 Å². The molecule has 7 heavy (non-hydrogen) atoms. The van der Waals surface area contributed by atoms with E-state index in [2.05, 4.69) is 0 Å². The first kappa shape index (κ1) is 24.9. The van der Waals surface area contributed by atoms with E-state index < -0.39 is 7.32 Å². The summed E-state index contributed by atoms with van der Waals surface area (Å²) < 4.78 is 0. The lowest BCUT2D eigenvalue weighted by atomic mass is 10.3. The van der Waals surface area contributed by atoms with Crippen molar-refractivity contribution in [2.45, 2.75) is 0 Å². The number of hydrogen-bond acceptors (Lipinski definition) is 3. The highest BCUT2D eigenvalue weighted by atomic mass is 35.5. The van der Waals surface area contributed by atoms with Gasteiger partial charge in [0.25, 0.3) is 0 Å². The lowest BCUT2D eigenvalue weighted by Gasteiger charge is -1.69. The van der Waals surface area contributed by atoms with E-state index in [1.54, 1.807) is 0 Å². The SMILES string of the molecule is Cl.Cl.Cl.OB(O)O. The van der Waals surface area contributed by atoms with Gasteiger partial charge in [-0.1, -0.05) is 0 Å². The summed E-state index contributed by atoms with van der Waals surface area (Å²) in [6, 6.07) is 0. The molecule has 0 rings (SSSR count). The molecule has 48 valence electrons. The van der Waals surface area contributed by atoms with E-state index in [1.807, 2.05) is 0 Å². The Bertz CT molecular complexity index is 14.9. The molecule has 0 heterocycles. The molecule has 0 atom stereocenters. The van der Waals surface area contributed by atoms with Gasteiger partial charge in [0.1, 0.15) is 0 Å². The second-order valence-corrected chi connectivity index (χ2v) is 0.346. The first-order valence-electron chi connectivity index (χ1n) is 0.775. The molecule has 3 N–H and O–H groups in total. The summed E-state index contributed by atoms with van der Waals surface area (Å²) in [6.45, 7) is 0. The molecule has 0 amide bonds. The van der Waals surface area contributed by atoms with Crippen molar-refractivity contribution < 1.29 is 15.1 Å². The van der Waals surface area contributed by atoms with Crippen LogP contribution in [-0.4, -0.2) is 22.4 Å². The van der Waals surface area contributed by atoms with Gasteiger partial charge >= 0.3 is 7.32 Å². The number of rotatable bonds is 0. The monoisotopic (exact) mass is 170 g/mol. The Morgan fingerprint density at radius 2 is 0.714 bits per heavy atom. The molecule has 0 aliphatic rings. The average Bonchev–Trinajstić information content (AvgIpc) is 0.811. The maximum Gasteiger partial charge on any atom is 0.631 e. The molecule has 0 spiro atoms. The van der Waals surface area contributed by atoms with Crippen LogP contribution in [0.2, 0.25) is 0 Å². The van der Waals surface area contributed by atoms with Gasteiger partial charge in [-0.2, -0.15) is 0 Å². The summed E-state index contributed by atoms with van der Waals surface area (Å²) in [4.78, 5) is 0. The fourth-order valence-corrected chi connectivity index (χ4v) is 0. The van der Waals surface area contributed by atoms with Crippen LogP contribution in [-0.2, 0) is 0 Å². The van der Waals surface area contributed by atoms with Crippen LogP contribution in [0.5, 0.6) is 0 Å². The third-order valence-corrected chi connectivity index (χ3v) is 0. The highest BCUT2D eigenvalue weighted by Gasteiger charge is 1.92. The van der Waals surface area contributed by atoms with Gasteiger partial charge in [0, 0.05) is 0 Å². The largest absolute Gasteiger partial charge is 0.631 e. The molecule has 0 radical (unpaired) electrons. The van der Waals surface area contributed by atoms with Crippen LogP contribution in [0.3, 0.4) is 0 Å². The van der Waals surface area contributed by atoms with Crippen molar-refractivity contribution in [2.24, 2.45) is 0 Å². The van der Waals surface area contributed by atoms with Gasteiger partial charge in [0.2, 0.25) is 0 Å².